The first-order valence-corrected chi connectivity index (χ1v) is 9.10. The maximum Gasteiger partial charge on any atom is 0.194 e. The predicted octanol–water partition coefficient (Wildman–Crippen LogP) is 3.97. The number of guanidine groups is 1. The summed E-state index contributed by atoms with van der Waals surface area (Å²) < 4.78 is 19.2. The smallest absolute Gasteiger partial charge is 0.194 e. The third kappa shape index (κ3) is 6.09. The Bertz CT molecular complexity index is 562. The molecule has 1 aromatic carbocycles. The Hall–Kier alpha value is -0.890. The third-order valence-corrected chi connectivity index (χ3v) is 4.63. The van der Waals surface area contributed by atoms with E-state index in [4.69, 9.17) is 9.73 Å². The van der Waals surface area contributed by atoms with Gasteiger partial charge in [0.25, 0.3) is 0 Å². The molecule has 1 aliphatic heterocycles. The highest BCUT2D eigenvalue weighted by molar-refractivity contribution is 14.0. The molecule has 25 heavy (non-hydrogen) atoms. The molecule has 140 valence electrons. The van der Waals surface area contributed by atoms with Crippen LogP contribution < -0.4 is 5.32 Å². The van der Waals surface area contributed by atoms with E-state index in [0.29, 0.717) is 0 Å². The van der Waals surface area contributed by atoms with Gasteiger partial charge >= 0.3 is 0 Å². The molecule has 1 heterocycles. The fourth-order valence-electron chi connectivity index (χ4n) is 3.17. The molecule has 4 nitrogen and oxygen atoms in total. The van der Waals surface area contributed by atoms with Crippen molar-refractivity contribution in [3.63, 3.8) is 0 Å². The van der Waals surface area contributed by atoms with Gasteiger partial charge in [0, 0.05) is 19.6 Å². The highest BCUT2D eigenvalue weighted by Gasteiger charge is 2.28. The van der Waals surface area contributed by atoms with Gasteiger partial charge in [-0.2, -0.15) is 0 Å². The molecule has 2 unspecified atom stereocenters. The summed E-state index contributed by atoms with van der Waals surface area (Å²) >= 11 is 0. The average Bonchev–Trinajstić information content (AvgIpc) is 3.38. The number of nitrogens with zero attached hydrogens (tertiary/aromatic N) is 2. The number of aliphatic imine (C=N–C) groups is 1. The number of halogens is 2. The van der Waals surface area contributed by atoms with Crippen LogP contribution in [0.15, 0.2) is 29.3 Å². The van der Waals surface area contributed by atoms with Gasteiger partial charge in [-0.25, -0.2) is 4.39 Å². The van der Waals surface area contributed by atoms with Crippen molar-refractivity contribution in [1.29, 1.82) is 0 Å². The molecular formula is C19H29FIN3O. The fourth-order valence-corrected chi connectivity index (χ4v) is 3.17. The summed E-state index contributed by atoms with van der Waals surface area (Å²) in [6.45, 7) is 7.49. The molecule has 1 saturated heterocycles. The molecule has 2 fully saturated rings. The molecule has 0 aromatic heterocycles. The lowest BCUT2D eigenvalue weighted by molar-refractivity contribution is -0.0605. The van der Waals surface area contributed by atoms with Crippen molar-refractivity contribution < 1.29 is 9.13 Å². The molecule has 1 saturated carbocycles. The van der Waals surface area contributed by atoms with E-state index in [1.807, 2.05) is 12.1 Å². The summed E-state index contributed by atoms with van der Waals surface area (Å²) in [4.78, 5) is 7.09. The minimum atomic E-state index is -0.213. The maximum absolute atomic E-state index is 13.2. The number of benzene rings is 1. The molecular weight excluding hydrogens is 432 g/mol. The van der Waals surface area contributed by atoms with Gasteiger partial charge in [0.2, 0.25) is 0 Å². The van der Waals surface area contributed by atoms with Crippen molar-refractivity contribution in [3.8, 4) is 0 Å². The second-order valence-electron chi connectivity index (χ2n) is 6.86. The predicted molar refractivity (Wildman–Crippen MR) is 110 cm³/mol. The Morgan fingerprint density at radius 2 is 2.00 bits per heavy atom. The number of morpholine rings is 1. The second-order valence-corrected chi connectivity index (χ2v) is 6.86. The lowest BCUT2D eigenvalue weighted by Gasteiger charge is -2.38. The zero-order valence-corrected chi connectivity index (χ0v) is 17.4. The molecule has 1 aromatic rings. The molecule has 2 atom stereocenters. The zero-order chi connectivity index (χ0) is 16.9. The van der Waals surface area contributed by atoms with Gasteiger partial charge in [0.05, 0.1) is 12.6 Å². The van der Waals surface area contributed by atoms with Gasteiger partial charge in [-0.3, -0.25) is 4.99 Å². The van der Waals surface area contributed by atoms with Crippen LogP contribution in [0.1, 0.15) is 44.8 Å². The van der Waals surface area contributed by atoms with Gasteiger partial charge in [0.15, 0.2) is 5.96 Å². The second kappa shape index (κ2) is 9.71. The van der Waals surface area contributed by atoms with E-state index >= 15 is 0 Å². The Labute approximate surface area is 167 Å². The van der Waals surface area contributed by atoms with Crippen LogP contribution in [0.5, 0.6) is 0 Å². The van der Waals surface area contributed by atoms with Gasteiger partial charge in [-0.15, -0.1) is 24.0 Å². The monoisotopic (exact) mass is 461 g/mol. The lowest BCUT2D eigenvalue weighted by atomic mass is 10.1. The van der Waals surface area contributed by atoms with E-state index in [2.05, 4.69) is 24.1 Å². The maximum atomic E-state index is 13.2. The highest BCUT2D eigenvalue weighted by atomic mass is 127. The largest absolute Gasteiger partial charge is 0.367 e. The summed E-state index contributed by atoms with van der Waals surface area (Å²) in [6, 6.07) is 6.62. The van der Waals surface area contributed by atoms with Crippen LogP contribution >= 0.6 is 24.0 Å². The zero-order valence-electron chi connectivity index (χ0n) is 15.1. The number of hydrogen-bond acceptors (Lipinski definition) is 2. The Balaban J connectivity index is 0.00000225. The normalized spacial score (nSPS) is 24.0. The van der Waals surface area contributed by atoms with Gasteiger partial charge in [-0.05, 0) is 43.9 Å². The minimum absolute atomic E-state index is 0. The fraction of sp³-hybridized carbons (Fsp3) is 0.632. The van der Waals surface area contributed by atoms with E-state index in [9.17, 15) is 4.39 Å². The number of nitrogens with one attached hydrogen (secondary N) is 1. The van der Waals surface area contributed by atoms with Crippen molar-refractivity contribution in [1.82, 2.24) is 10.2 Å². The Kier molecular flexibility index (Phi) is 7.93. The van der Waals surface area contributed by atoms with E-state index in [1.54, 1.807) is 0 Å². The molecule has 0 radical (unpaired) electrons. The van der Waals surface area contributed by atoms with E-state index in [1.165, 1.54) is 31.4 Å². The SMILES string of the molecule is CCNC(=NCCC1CC1)N1CC(C)OC(c2ccc(F)cc2)C1.I. The van der Waals surface area contributed by atoms with Crippen LogP contribution in [0.3, 0.4) is 0 Å². The summed E-state index contributed by atoms with van der Waals surface area (Å²) in [6.07, 6.45) is 3.99. The third-order valence-electron chi connectivity index (χ3n) is 4.63. The summed E-state index contributed by atoms with van der Waals surface area (Å²) in [7, 11) is 0. The molecule has 0 spiro atoms. The lowest BCUT2D eigenvalue weighted by Crippen LogP contribution is -2.50. The molecule has 0 amide bonds. The molecule has 0 bridgehead atoms. The van der Waals surface area contributed by atoms with E-state index < -0.39 is 0 Å². The summed E-state index contributed by atoms with van der Waals surface area (Å²) in [5.41, 5.74) is 1.02. The first-order chi connectivity index (χ1) is 11.7. The summed E-state index contributed by atoms with van der Waals surface area (Å²) in [5.74, 6) is 1.65. The van der Waals surface area contributed by atoms with Gasteiger partial charge in [-0.1, -0.05) is 25.0 Å². The first kappa shape index (κ1) is 20.4. The molecule has 1 N–H and O–H groups in total. The molecule has 2 aliphatic rings. The van der Waals surface area contributed by atoms with Crippen LogP contribution in [0.4, 0.5) is 4.39 Å². The van der Waals surface area contributed by atoms with Crippen LogP contribution in [-0.4, -0.2) is 43.1 Å². The Morgan fingerprint density at radius 3 is 2.64 bits per heavy atom. The van der Waals surface area contributed by atoms with Crippen LogP contribution in [0.2, 0.25) is 0 Å². The number of hydrogen-bond donors (Lipinski definition) is 1. The van der Waals surface area contributed by atoms with Gasteiger partial charge in [0.1, 0.15) is 11.9 Å². The topological polar surface area (TPSA) is 36.9 Å². The first-order valence-electron chi connectivity index (χ1n) is 9.10. The van der Waals surface area contributed by atoms with E-state index in [-0.39, 0.29) is 42.0 Å². The highest BCUT2D eigenvalue weighted by Crippen LogP contribution is 2.32. The van der Waals surface area contributed by atoms with Crippen molar-refractivity contribution in [2.75, 3.05) is 26.2 Å². The van der Waals surface area contributed by atoms with Crippen LogP contribution in [-0.2, 0) is 4.74 Å². The quantitative estimate of drug-likeness (QED) is 0.410. The minimum Gasteiger partial charge on any atom is -0.367 e. The van der Waals surface area contributed by atoms with Crippen LogP contribution in [0.25, 0.3) is 0 Å². The molecule has 6 heteroatoms. The molecule has 1 aliphatic carbocycles. The van der Waals surface area contributed by atoms with Crippen molar-refractivity contribution in [3.05, 3.63) is 35.6 Å². The van der Waals surface area contributed by atoms with Gasteiger partial charge < -0.3 is 15.0 Å². The van der Waals surface area contributed by atoms with Crippen molar-refractivity contribution in [2.45, 2.75) is 45.3 Å². The molecule has 3 rings (SSSR count). The average molecular weight is 461 g/mol. The van der Waals surface area contributed by atoms with Crippen LogP contribution in [0, 0.1) is 11.7 Å². The Morgan fingerprint density at radius 1 is 1.28 bits per heavy atom. The number of ether oxygens (including phenoxy) is 1. The van der Waals surface area contributed by atoms with E-state index in [0.717, 1.165) is 43.6 Å². The number of rotatable bonds is 5. The van der Waals surface area contributed by atoms with Crippen molar-refractivity contribution >= 4 is 29.9 Å². The standard InChI is InChI=1S/C19H28FN3O.HI/c1-3-21-19(22-11-10-15-4-5-15)23-12-14(2)24-18(13-23)16-6-8-17(20)9-7-16;/h6-9,14-15,18H,3-5,10-13H2,1-2H3,(H,21,22);1H. The van der Waals surface area contributed by atoms with Crippen molar-refractivity contribution in [2.24, 2.45) is 10.9 Å². The summed E-state index contributed by atoms with van der Waals surface area (Å²) in [5, 5.41) is 3.41.